The predicted octanol–water partition coefficient (Wildman–Crippen LogP) is 4.89. The van der Waals surface area contributed by atoms with Gasteiger partial charge in [0.2, 0.25) is 5.76 Å². The van der Waals surface area contributed by atoms with E-state index in [0.717, 1.165) is 5.39 Å². The summed E-state index contributed by atoms with van der Waals surface area (Å²) in [5, 5.41) is 1.20. The summed E-state index contributed by atoms with van der Waals surface area (Å²) in [6.07, 6.45) is 0. The van der Waals surface area contributed by atoms with Crippen molar-refractivity contribution in [1.29, 1.82) is 0 Å². The molecular weight excluding hydrogens is 307 g/mol. The Labute approximate surface area is 131 Å². The lowest BCUT2D eigenvalue weighted by Gasteiger charge is -2.03. The fraction of sp³-hybridized carbons (Fsp3) is 0.118. The number of para-hydroxylation sites is 1. The van der Waals surface area contributed by atoms with Crippen molar-refractivity contribution in [2.24, 2.45) is 0 Å². The first-order chi connectivity index (χ1) is 10.6. The lowest BCUT2D eigenvalue weighted by molar-refractivity contribution is 0.0437. The van der Waals surface area contributed by atoms with E-state index in [0.29, 0.717) is 21.7 Å². The van der Waals surface area contributed by atoms with Crippen LogP contribution in [0.15, 0.2) is 46.9 Å². The Morgan fingerprint density at radius 1 is 1.27 bits per heavy atom. The minimum Gasteiger partial charge on any atom is -0.455 e. The van der Waals surface area contributed by atoms with Crippen molar-refractivity contribution in [3.63, 3.8) is 0 Å². The molecule has 0 saturated carbocycles. The van der Waals surface area contributed by atoms with Gasteiger partial charge in [-0.05, 0) is 30.7 Å². The number of hydrogen-bond donors (Lipinski definition) is 0. The summed E-state index contributed by atoms with van der Waals surface area (Å²) in [5.41, 5.74) is 1.70. The molecule has 5 heteroatoms. The minimum atomic E-state index is -0.603. The molecule has 0 amide bonds. The second-order valence-corrected chi connectivity index (χ2v) is 5.29. The second-order valence-electron chi connectivity index (χ2n) is 4.88. The van der Waals surface area contributed by atoms with Gasteiger partial charge in [0.05, 0.1) is 5.02 Å². The number of halogens is 2. The average Bonchev–Trinajstić information content (AvgIpc) is 2.84. The third-order valence-corrected chi connectivity index (χ3v) is 3.66. The number of aryl methyl sites for hydroxylation is 1. The van der Waals surface area contributed by atoms with Gasteiger partial charge in [0.1, 0.15) is 12.4 Å². The molecule has 3 nitrogen and oxygen atoms in total. The smallest absolute Gasteiger partial charge is 0.374 e. The van der Waals surface area contributed by atoms with Gasteiger partial charge >= 0.3 is 5.97 Å². The Morgan fingerprint density at radius 3 is 2.77 bits per heavy atom. The summed E-state index contributed by atoms with van der Waals surface area (Å²) in [6.45, 7) is 1.74. The van der Waals surface area contributed by atoms with Gasteiger partial charge in [-0.3, -0.25) is 0 Å². The van der Waals surface area contributed by atoms with Crippen LogP contribution in [0.2, 0.25) is 5.02 Å². The highest BCUT2D eigenvalue weighted by atomic mass is 35.5. The Morgan fingerprint density at radius 2 is 2.05 bits per heavy atom. The third-order valence-electron chi connectivity index (χ3n) is 3.36. The van der Waals surface area contributed by atoms with Crippen LogP contribution >= 0.6 is 11.6 Å². The standard InChI is InChI=1S/C17H12ClFO3/c1-10-13-6-3-7-14(18)16(13)22-15(10)17(20)21-9-11-4-2-5-12(19)8-11/h2-8H,9H2,1H3. The number of benzene rings is 2. The largest absolute Gasteiger partial charge is 0.455 e. The Bertz CT molecular complexity index is 854. The maximum Gasteiger partial charge on any atom is 0.374 e. The lowest BCUT2D eigenvalue weighted by atomic mass is 10.1. The fourth-order valence-electron chi connectivity index (χ4n) is 2.24. The first kappa shape index (κ1) is 14.6. The van der Waals surface area contributed by atoms with E-state index < -0.39 is 5.97 Å². The highest BCUT2D eigenvalue weighted by molar-refractivity contribution is 6.35. The van der Waals surface area contributed by atoms with Gasteiger partial charge < -0.3 is 9.15 Å². The van der Waals surface area contributed by atoms with E-state index in [2.05, 4.69) is 0 Å². The first-order valence-corrected chi connectivity index (χ1v) is 7.03. The number of ether oxygens (including phenoxy) is 1. The van der Waals surface area contributed by atoms with E-state index >= 15 is 0 Å². The van der Waals surface area contributed by atoms with E-state index in [4.69, 9.17) is 20.8 Å². The van der Waals surface area contributed by atoms with Crippen molar-refractivity contribution in [3.8, 4) is 0 Å². The van der Waals surface area contributed by atoms with Crippen LogP contribution in [0.3, 0.4) is 0 Å². The molecule has 0 radical (unpaired) electrons. The highest BCUT2D eigenvalue weighted by Gasteiger charge is 2.20. The van der Waals surface area contributed by atoms with Crippen LogP contribution in [-0.2, 0) is 11.3 Å². The van der Waals surface area contributed by atoms with Crippen LogP contribution in [-0.4, -0.2) is 5.97 Å². The van der Waals surface area contributed by atoms with Gasteiger partial charge in [0.25, 0.3) is 0 Å². The van der Waals surface area contributed by atoms with Crippen LogP contribution in [0.4, 0.5) is 4.39 Å². The van der Waals surface area contributed by atoms with E-state index in [1.54, 1.807) is 31.2 Å². The SMILES string of the molecule is Cc1c(C(=O)OCc2cccc(F)c2)oc2c(Cl)cccc12. The first-order valence-electron chi connectivity index (χ1n) is 6.65. The quantitative estimate of drug-likeness (QED) is 0.645. The normalized spacial score (nSPS) is 10.9. The van der Waals surface area contributed by atoms with Crippen LogP contribution in [0.1, 0.15) is 21.7 Å². The molecule has 1 aromatic heterocycles. The van der Waals surface area contributed by atoms with E-state index in [-0.39, 0.29) is 18.2 Å². The summed E-state index contributed by atoms with van der Waals surface area (Å²) in [5.74, 6) is -0.867. The number of rotatable bonds is 3. The molecule has 22 heavy (non-hydrogen) atoms. The zero-order valence-electron chi connectivity index (χ0n) is 11.7. The zero-order valence-corrected chi connectivity index (χ0v) is 12.5. The van der Waals surface area contributed by atoms with Crippen LogP contribution in [0.5, 0.6) is 0 Å². The van der Waals surface area contributed by atoms with Crippen molar-refractivity contribution in [3.05, 3.63) is 70.2 Å². The molecule has 0 fully saturated rings. The molecule has 0 aliphatic rings. The topological polar surface area (TPSA) is 39.4 Å². The number of esters is 1. The monoisotopic (exact) mass is 318 g/mol. The lowest BCUT2D eigenvalue weighted by Crippen LogP contribution is -2.05. The van der Waals surface area contributed by atoms with Crippen molar-refractivity contribution < 1.29 is 18.3 Å². The molecule has 2 aromatic carbocycles. The number of carbonyl (C=O) groups excluding carboxylic acids is 1. The molecule has 112 valence electrons. The van der Waals surface area contributed by atoms with Crippen LogP contribution in [0.25, 0.3) is 11.0 Å². The molecule has 0 saturated heterocycles. The second kappa shape index (κ2) is 5.81. The van der Waals surface area contributed by atoms with E-state index in [9.17, 15) is 9.18 Å². The van der Waals surface area contributed by atoms with Crippen molar-refractivity contribution in [2.75, 3.05) is 0 Å². The van der Waals surface area contributed by atoms with Gasteiger partial charge in [-0.15, -0.1) is 0 Å². The van der Waals surface area contributed by atoms with Gasteiger partial charge in [-0.2, -0.15) is 0 Å². The molecule has 3 rings (SSSR count). The van der Waals surface area contributed by atoms with Crippen molar-refractivity contribution >= 4 is 28.5 Å². The Kier molecular flexibility index (Phi) is 3.86. The number of carbonyl (C=O) groups is 1. The third kappa shape index (κ3) is 2.70. The van der Waals surface area contributed by atoms with Crippen LogP contribution in [0, 0.1) is 12.7 Å². The molecule has 0 spiro atoms. The van der Waals surface area contributed by atoms with Gasteiger partial charge in [0, 0.05) is 10.9 Å². The summed E-state index contributed by atoms with van der Waals surface area (Å²) in [6, 6.07) is 11.2. The summed E-state index contributed by atoms with van der Waals surface area (Å²) in [7, 11) is 0. The Hall–Kier alpha value is -2.33. The molecule has 3 aromatic rings. The number of hydrogen-bond acceptors (Lipinski definition) is 3. The molecule has 0 bridgehead atoms. The van der Waals surface area contributed by atoms with Crippen molar-refractivity contribution in [1.82, 2.24) is 0 Å². The summed E-state index contributed by atoms with van der Waals surface area (Å²) < 4.78 is 23.8. The molecule has 0 N–H and O–H groups in total. The average molecular weight is 319 g/mol. The Balaban J connectivity index is 1.83. The van der Waals surface area contributed by atoms with Gasteiger partial charge in [-0.1, -0.05) is 35.9 Å². The number of fused-ring (bicyclic) bond motifs is 1. The minimum absolute atomic E-state index is 0.0270. The zero-order chi connectivity index (χ0) is 15.7. The van der Waals surface area contributed by atoms with Gasteiger partial charge in [-0.25, -0.2) is 9.18 Å². The molecular formula is C17H12ClFO3. The summed E-state index contributed by atoms with van der Waals surface area (Å²) in [4.78, 5) is 12.2. The maximum atomic E-state index is 13.1. The van der Waals surface area contributed by atoms with Crippen molar-refractivity contribution in [2.45, 2.75) is 13.5 Å². The fourth-order valence-corrected chi connectivity index (χ4v) is 2.46. The van der Waals surface area contributed by atoms with Crippen LogP contribution < -0.4 is 0 Å². The molecule has 0 atom stereocenters. The van der Waals surface area contributed by atoms with Gasteiger partial charge in [0.15, 0.2) is 5.58 Å². The van der Waals surface area contributed by atoms with E-state index in [1.165, 1.54) is 12.1 Å². The van der Waals surface area contributed by atoms with E-state index in [1.807, 2.05) is 6.07 Å². The highest BCUT2D eigenvalue weighted by Crippen LogP contribution is 2.31. The molecule has 0 aliphatic heterocycles. The summed E-state index contributed by atoms with van der Waals surface area (Å²) >= 11 is 6.05. The maximum absolute atomic E-state index is 13.1. The predicted molar refractivity (Wildman–Crippen MR) is 81.5 cm³/mol. The molecule has 0 aliphatic carbocycles. The molecule has 0 unspecified atom stereocenters. The molecule has 1 heterocycles. The number of furan rings is 1.